The molecule has 0 aromatic carbocycles. The van der Waals surface area contributed by atoms with E-state index >= 15 is 0 Å². The van der Waals surface area contributed by atoms with Gasteiger partial charge in [-0.05, 0) is 24.3 Å². The molecular weight excluding hydrogens is 152 g/mol. The molecule has 66 valence electrons. The zero-order valence-corrected chi connectivity index (χ0v) is 8.98. The van der Waals surface area contributed by atoms with E-state index in [0.29, 0.717) is 12.0 Å². The van der Waals surface area contributed by atoms with Crippen LogP contribution in [0.15, 0.2) is 0 Å². The van der Waals surface area contributed by atoms with E-state index in [1.807, 2.05) is 0 Å². The maximum absolute atomic E-state index is 9.22. The molecule has 1 nitrogen and oxygen atoms in total. The van der Waals surface area contributed by atoms with Gasteiger partial charge in [0.1, 0.15) is 0 Å². The fourth-order valence-electron chi connectivity index (χ4n) is 2.19. The quantitative estimate of drug-likeness (QED) is 0.648. The predicted octanol–water partition coefficient (Wildman–Crippen LogP) is 2.49. The molecule has 0 aromatic rings. The van der Waals surface area contributed by atoms with Crippen LogP contribution in [0.3, 0.4) is 0 Å². The summed E-state index contributed by atoms with van der Waals surface area (Å²) < 4.78 is 0. The van der Waals surface area contributed by atoms with Gasteiger partial charge < -0.3 is 5.11 Å². The molecule has 1 fully saturated rings. The second-order valence-corrected chi connectivity index (χ2v) is 10.7. The first-order valence-corrected chi connectivity index (χ1v) is 8.29. The van der Waals surface area contributed by atoms with Crippen molar-refractivity contribution in [1.29, 1.82) is 0 Å². The Labute approximate surface area is 70.8 Å². The molecule has 1 saturated carbocycles. The number of hydrogen-bond acceptors (Lipinski definition) is 1. The molecule has 0 spiro atoms. The Kier molecular flexibility index (Phi) is 2.45. The van der Waals surface area contributed by atoms with Gasteiger partial charge in [0.25, 0.3) is 0 Å². The first-order chi connectivity index (χ1) is 4.97. The third-order valence-corrected chi connectivity index (χ3v) is 4.47. The Morgan fingerprint density at radius 3 is 1.91 bits per heavy atom. The van der Waals surface area contributed by atoms with Gasteiger partial charge in [0, 0.05) is 14.7 Å². The van der Waals surface area contributed by atoms with Gasteiger partial charge in [0.2, 0.25) is 0 Å². The number of aliphatic hydroxyl groups is 1. The van der Waals surface area contributed by atoms with Crippen LogP contribution >= 0.6 is 0 Å². The topological polar surface area (TPSA) is 20.2 Å². The zero-order valence-electron chi connectivity index (χ0n) is 7.98. The zero-order chi connectivity index (χ0) is 8.54. The smallest absolute Gasteiger partial charge is 0.0484 e. The van der Waals surface area contributed by atoms with Gasteiger partial charge >= 0.3 is 0 Å². The van der Waals surface area contributed by atoms with Crippen LogP contribution in [0.25, 0.3) is 0 Å². The standard InChI is InChI=1S/C9H20OSi/c1-11(2,3)8-9(7-10)5-4-6-9/h10H,4-8H2,1-3H3. The maximum Gasteiger partial charge on any atom is 0.0484 e. The highest BCUT2D eigenvalue weighted by Gasteiger charge is 2.39. The molecule has 11 heavy (non-hydrogen) atoms. The number of aliphatic hydroxyl groups excluding tert-OH is 1. The predicted molar refractivity (Wildman–Crippen MR) is 51.5 cm³/mol. The number of rotatable bonds is 3. The van der Waals surface area contributed by atoms with E-state index in [1.165, 1.54) is 25.3 Å². The summed E-state index contributed by atoms with van der Waals surface area (Å²) in [5, 5.41) is 9.22. The molecule has 0 saturated heterocycles. The van der Waals surface area contributed by atoms with Gasteiger partial charge in [-0.3, -0.25) is 0 Å². The van der Waals surface area contributed by atoms with Crippen LogP contribution < -0.4 is 0 Å². The molecule has 0 heterocycles. The highest BCUT2D eigenvalue weighted by atomic mass is 28.3. The molecule has 0 aliphatic heterocycles. The summed E-state index contributed by atoms with van der Waals surface area (Å²) in [7, 11) is -0.943. The SMILES string of the molecule is C[Si](C)(C)CC1(CO)CCC1. The molecule has 0 radical (unpaired) electrons. The third kappa shape index (κ3) is 2.31. The lowest BCUT2D eigenvalue weighted by atomic mass is 9.71. The van der Waals surface area contributed by atoms with Crippen molar-refractivity contribution in [3.05, 3.63) is 0 Å². The summed E-state index contributed by atoms with van der Waals surface area (Å²) in [6.07, 6.45) is 3.88. The second kappa shape index (κ2) is 2.90. The minimum absolute atomic E-state index is 0.366. The van der Waals surface area contributed by atoms with E-state index < -0.39 is 8.07 Å². The van der Waals surface area contributed by atoms with Crippen molar-refractivity contribution in [1.82, 2.24) is 0 Å². The number of hydrogen-bond donors (Lipinski definition) is 1. The van der Waals surface area contributed by atoms with E-state index in [1.54, 1.807) is 0 Å². The van der Waals surface area contributed by atoms with Crippen LogP contribution in [0.2, 0.25) is 25.7 Å². The summed E-state index contributed by atoms with van der Waals surface area (Å²) in [6, 6.07) is 1.32. The van der Waals surface area contributed by atoms with Crippen LogP contribution in [-0.2, 0) is 0 Å². The third-order valence-electron chi connectivity index (χ3n) is 2.65. The minimum atomic E-state index is -0.943. The lowest BCUT2D eigenvalue weighted by Gasteiger charge is -2.44. The van der Waals surface area contributed by atoms with E-state index in [2.05, 4.69) is 19.6 Å². The van der Waals surface area contributed by atoms with Crippen molar-refractivity contribution < 1.29 is 5.11 Å². The minimum Gasteiger partial charge on any atom is -0.396 e. The van der Waals surface area contributed by atoms with Gasteiger partial charge in [-0.2, -0.15) is 0 Å². The Morgan fingerprint density at radius 1 is 1.27 bits per heavy atom. The molecule has 0 atom stereocenters. The van der Waals surface area contributed by atoms with Crippen molar-refractivity contribution in [2.24, 2.45) is 5.41 Å². The fourth-order valence-corrected chi connectivity index (χ4v) is 4.91. The van der Waals surface area contributed by atoms with Crippen LogP contribution in [0.4, 0.5) is 0 Å². The molecule has 1 aliphatic carbocycles. The van der Waals surface area contributed by atoms with E-state index in [9.17, 15) is 5.11 Å². The van der Waals surface area contributed by atoms with Crippen LogP contribution in [0, 0.1) is 5.41 Å². The fraction of sp³-hybridized carbons (Fsp3) is 1.00. The van der Waals surface area contributed by atoms with E-state index in [4.69, 9.17) is 0 Å². The molecular formula is C9H20OSi. The molecule has 0 amide bonds. The monoisotopic (exact) mass is 172 g/mol. The molecule has 1 aliphatic rings. The molecule has 0 bridgehead atoms. The summed E-state index contributed by atoms with van der Waals surface area (Å²) in [5.74, 6) is 0. The van der Waals surface area contributed by atoms with E-state index in [0.717, 1.165) is 0 Å². The summed E-state index contributed by atoms with van der Waals surface area (Å²) in [6.45, 7) is 7.60. The normalized spacial score (nSPS) is 22.9. The summed E-state index contributed by atoms with van der Waals surface area (Å²) >= 11 is 0. The summed E-state index contributed by atoms with van der Waals surface area (Å²) in [5.41, 5.74) is 0.366. The average Bonchev–Trinajstić information content (AvgIpc) is 1.77. The van der Waals surface area contributed by atoms with Crippen molar-refractivity contribution >= 4 is 8.07 Å². The van der Waals surface area contributed by atoms with Crippen LogP contribution in [0.1, 0.15) is 19.3 Å². The van der Waals surface area contributed by atoms with Gasteiger partial charge in [-0.25, -0.2) is 0 Å². The molecule has 0 unspecified atom stereocenters. The van der Waals surface area contributed by atoms with Gasteiger partial charge in [0.05, 0.1) is 0 Å². The van der Waals surface area contributed by atoms with Crippen molar-refractivity contribution in [2.45, 2.75) is 44.9 Å². The Balaban J connectivity index is 2.45. The van der Waals surface area contributed by atoms with Crippen molar-refractivity contribution in [2.75, 3.05) is 6.61 Å². The Hall–Kier alpha value is 0.177. The Morgan fingerprint density at radius 2 is 1.82 bits per heavy atom. The lowest BCUT2D eigenvalue weighted by Crippen LogP contribution is -2.40. The largest absolute Gasteiger partial charge is 0.396 e. The Bertz CT molecular complexity index is 127. The van der Waals surface area contributed by atoms with Gasteiger partial charge in [-0.15, -0.1) is 0 Å². The van der Waals surface area contributed by atoms with Gasteiger partial charge in [0.15, 0.2) is 0 Å². The second-order valence-electron chi connectivity index (χ2n) is 5.25. The van der Waals surface area contributed by atoms with Crippen molar-refractivity contribution in [3.8, 4) is 0 Å². The molecule has 2 heteroatoms. The molecule has 0 aromatic heterocycles. The molecule has 1 rings (SSSR count). The van der Waals surface area contributed by atoms with Crippen molar-refractivity contribution in [3.63, 3.8) is 0 Å². The van der Waals surface area contributed by atoms with Crippen LogP contribution in [-0.4, -0.2) is 19.8 Å². The average molecular weight is 172 g/mol. The highest BCUT2D eigenvalue weighted by molar-refractivity contribution is 6.76. The molecule has 1 N–H and O–H groups in total. The highest BCUT2D eigenvalue weighted by Crippen LogP contribution is 2.46. The summed E-state index contributed by atoms with van der Waals surface area (Å²) in [4.78, 5) is 0. The first-order valence-electron chi connectivity index (χ1n) is 4.58. The lowest BCUT2D eigenvalue weighted by molar-refractivity contribution is 0.0624. The maximum atomic E-state index is 9.22. The van der Waals surface area contributed by atoms with Gasteiger partial charge in [-0.1, -0.05) is 26.1 Å². The van der Waals surface area contributed by atoms with E-state index in [-0.39, 0.29) is 0 Å². The van der Waals surface area contributed by atoms with Crippen LogP contribution in [0.5, 0.6) is 0 Å². The first kappa shape index (κ1) is 9.27.